The molecule has 2 heterocycles. The highest BCUT2D eigenvalue weighted by molar-refractivity contribution is 7.10. The molecule has 0 saturated carbocycles. The fourth-order valence-corrected chi connectivity index (χ4v) is 4.52. The highest BCUT2D eigenvalue weighted by Crippen LogP contribution is 2.34. The van der Waals surface area contributed by atoms with Gasteiger partial charge >= 0.3 is 0 Å². The summed E-state index contributed by atoms with van der Waals surface area (Å²) >= 11 is 8.05. The lowest BCUT2D eigenvalue weighted by atomic mass is 10.1. The Labute approximate surface area is 146 Å². The molecule has 3 nitrogen and oxygen atoms in total. The molecule has 1 aromatic carbocycles. The Kier molecular flexibility index (Phi) is 5.05. The Morgan fingerprint density at radius 3 is 2.96 bits per heavy atom. The number of halogens is 1. The van der Waals surface area contributed by atoms with Crippen LogP contribution in [0.15, 0.2) is 29.6 Å². The molecule has 1 atom stereocenters. The van der Waals surface area contributed by atoms with Crippen LogP contribution in [0.25, 0.3) is 0 Å². The summed E-state index contributed by atoms with van der Waals surface area (Å²) in [5.74, 6) is 0.00214. The molecule has 0 radical (unpaired) electrons. The van der Waals surface area contributed by atoms with Gasteiger partial charge < -0.3 is 5.32 Å². The largest absolute Gasteiger partial charge is 0.323 e. The summed E-state index contributed by atoms with van der Waals surface area (Å²) in [6.07, 6.45) is 2.26. The Hall–Kier alpha value is -1.36. The van der Waals surface area contributed by atoms with Gasteiger partial charge in [-0.2, -0.15) is 0 Å². The van der Waals surface area contributed by atoms with E-state index in [-0.39, 0.29) is 5.91 Å². The normalized spacial score (nSPS) is 18.3. The van der Waals surface area contributed by atoms with Crippen LogP contribution in [-0.4, -0.2) is 23.9 Å². The Bertz CT molecular complexity index is 676. The van der Waals surface area contributed by atoms with Crippen LogP contribution in [0.3, 0.4) is 0 Å². The van der Waals surface area contributed by atoms with E-state index in [1.54, 1.807) is 11.3 Å². The lowest BCUT2D eigenvalue weighted by Crippen LogP contribution is -2.32. The molecular weight excluding hydrogens is 328 g/mol. The molecule has 23 heavy (non-hydrogen) atoms. The van der Waals surface area contributed by atoms with E-state index in [4.69, 9.17) is 11.6 Å². The number of nitrogens with zero attached hydrogens (tertiary/aromatic N) is 1. The monoisotopic (exact) mass is 348 g/mol. The van der Waals surface area contributed by atoms with Crippen molar-refractivity contribution < 1.29 is 4.79 Å². The molecule has 3 rings (SSSR count). The topological polar surface area (TPSA) is 32.3 Å². The Morgan fingerprint density at radius 2 is 2.26 bits per heavy atom. The fourth-order valence-electron chi connectivity index (χ4n) is 3.26. The predicted molar refractivity (Wildman–Crippen MR) is 97.4 cm³/mol. The zero-order valence-corrected chi connectivity index (χ0v) is 15.0. The molecule has 1 aliphatic heterocycles. The van der Waals surface area contributed by atoms with Crippen molar-refractivity contribution in [1.82, 2.24) is 4.90 Å². The summed E-state index contributed by atoms with van der Waals surface area (Å²) in [4.78, 5) is 16.1. The lowest BCUT2D eigenvalue weighted by molar-refractivity contribution is -0.117. The van der Waals surface area contributed by atoms with Crippen LogP contribution >= 0.6 is 22.9 Å². The molecule has 0 spiro atoms. The molecule has 0 unspecified atom stereocenters. The number of amides is 1. The lowest BCUT2D eigenvalue weighted by Gasteiger charge is -2.23. The second-order valence-corrected chi connectivity index (χ2v) is 7.52. The summed E-state index contributed by atoms with van der Waals surface area (Å²) in [6, 6.07) is 8.52. The van der Waals surface area contributed by atoms with E-state index in [9.17, 15) is 4.79 Å². The average molecular weight is 349 g/mol. The smallest absolute Gasteiger partial charge is 0.238 e. The molecule has 1 fully saturated rings. The third kappa shape index (κ3) is 3.77. The van der Waals surface area contributed by atoms with Gasteiger partial charge in [0.25, 0.3) is 0 Å². The number of benzene rings is 1. The zero-order chi connectivity index (χ0) is 16.4. The second-order valence-electron chi connectivity index (χ2n) is 6.13. The summed E-state index contributed by atoms with van der Waals surface area (Å²) in [7, 11) is 0. The van der Waals surface area contributed by atoms with Gasteiger partial charge in [-0.1, -0.05) is 23.7 Å². The van der Waals surface area contributed by atoms with Crippen molar-refractivity contribution in [2.24, 2.45) is 0 Å². The third-order valence-corrected chi connectivity index (χ3v) is 5.55. The van der Waals surface area contributed by atoms with Crippen molar-refractivity contribution in [3.8, 4) is 0 Å². The van der Waals surface area contributed by atoms with Gasteiger partial charge in [0, 0.05) is 10.9 Å². The van der Waals surface area contributed by atoms with Crippen molar-refractivity contribution in [2.75, 3.05) is 18.4 Å². The summed E-state index contributed by atoms with van der Waals surface area (Å²) < 4.78 is 0. The van der Waals surface area contributed by atoms with E-state index in [0.29, 0.717) is 17.6 Å². The van der Waals surface area contributed by atoms with Crippen molar-refractivity contribution in [3.63, 3.8) is 0 Å². The van der Waals surface area contributed by atoms with E-state index in [0.717, 1.165) is 36.2 Å². The van der Waals surface area contributed by atoms with E-state index in [1.807, 2.05) is 26.0 Å². The Balaban J connectivity index is 1.68. The van der Waals surface area contributed by atoms with Crippen LogP contribution in [0.4, 0.5) is 5.69 Å². The first-order valence-corrected chi connectivity index (χ1v) is 9.14. The van der Waals surface area contributed by atoms with Gasteiger partial charge in [-0.05, 0) is 61.9 Å². The number of anilines is 1. The molecule has 0 bridgehead atoms. The minimum absolute atomic E-state index is 0.00214. The number of hydrogen-bond donors (Lipinski definition) is 1. The maximum absolute atomic E-state index is 12.5. The number of hydrogen-bond acceptors (Lipinski definition) is 3. The highest BCUT2D eigenvalue weighted by atomic mass is 35.5. The van der Waals surface area contributed by atoms with Gasteiger partial charge in [-0.15, -0.1) is 11.3 Å². The van der Waals surface area contributed by atoms with Crippen LogP contribution < -0.4 is 5.32 Å². The first-order valence-electron chi connectivity index (χ1n) is 7.88. The third-order valence-electron chi connectivity index (χ3n) is 4.28. The summed E-state index contributed by atoms with van der Waals surface area (Å²) in [5, 5.41) is 5.69. The van der Waals surface area contributed by atoms with E-state index >= 15 is 0 Å². The van der Waals surface area contributed by atoms with Crippen LogP contribution in [0.2, 0.25) is 5.02 Å². The number of carbonyl (C=O) groups is 1. The quantitative estimate of drug-likeness (QED) is 0.861. The van der Waals surface area contributed by atoms with Crippen LogP contribution in [0.1, 0.15) is 34.9 Å². The van der Waals surface area contributed by atoms with Crippen molar-refractivity contribution in [1.29, 1.82) is 0 Å². The molecule has 5 heteroatoms. The molecule has 0 aliphatic carbocycles. The van der Waals surface area contributed by atoms with E-state index in [2.05, 4.69) is 27.7 Å². The standard InChI is InChI=1S/C18H21ClN2OS/c1-12-9-13(2)18(14(19)10-12)20-17(22)11-21-7-3-5-15(21)16-6-4-8-23-16/h4,6,8-10,15H,3,5,7,11H2,1-2H3,(H,20,22)/t15-/m1/s1. The first-order chi connectivity index (χ1) is 11.0. The second kappa shape index (κ2) is 7.04. The average Bonchev–Trinajstić information content (AvgIpc) is 3.13. The molecule has 1 saturated heterocycles. The molecule has 1 amide bonds. The molecule has 1 aliphatic rings. The summed E-state index contributed by atoms with van der Waals surface area (Å²) in [5.41, 5.74) is 2.83. The van der Waals surface area contributed by atoms with Gasteiger partial charge in [-0.3, -0.25) is 9.69 Å². The minimum atomic E-state index is 0.00214. The molecule has 1 N–H and O–H groups in total. The predicted octanol–water partition coefficient (Wildman–Crippen LogP) is 4.79. The number of rotatable bonds is 4. The summed E-state index contributed by atoms with van der Waals surface area (Å²) in [6.45, 7) is 5.35. The van der Waals surface area contributed by atoms with Crippen LogP contribution in [0.5, 0.6) is 0 Å². The first kappa shape index (κ1) is 16.5. The SMILES string of the molecule is Cc1cc(C)c(NC(=O)CN2CCC[C@@H]2c2cccs2)c(Cl)c1. The van der Waals surface area contributed by atoms with Crippen LogP contribution in [0, 0.1) is 13.8 Å². The van der Waals surface area contributed by atoms with Gasteiger partial charge in [-0.25, -0.2) is 0 Å². The molecule has 2 aromatic rings. The Morgan fingerprint density at radius 1 is 1.43 bits per heavy atom. The van der Waals surface area contributed by atoms with Crippen molar-refractivity contribution in [2.45, 2.75) is 32.7 Å². The minimum Gasteiger partial charge on any atom is -0.323 e. The van der Waals surface area contributed by atoms with E-state index < -0.39 is 0 Å². The van der Waals surface area contributed by atoms with Crippen LogP contribution in [-0.2, 0) is 4.79 Å². The van der Waals surface area contributed by atoms with Gasteiger partial charge in [0.05, 0.1) is 17.3 Å². The molecule has 1 aromatic heterocycles. The van der Waals surface area contributed by atoms with Gasteiger partial charge in [0.2, 0.25) is 5.91 Å². The van der Waals surface area contributed by atoms with Gasteiger partial charge in [0.1, 0.15) is 0 Å². The van der Waals surface area contributed by atoms with E-state index in [1.165, 1.54) is 4.88 Å². The highest BCUT2D eigenvalue weighted by Gasteiger charge is 2.28. The maximum Gasteiger partial charge on any atom is 0.238 e. The van der Waals surface area contributed by atoms with Crippen molar-refractivity contribution in [3.05, 3.63) is 50.7 Å². The number of nitrogens with one attached hydrogen (secondary N) is 1. The van der Waals surface area contributed by atoms with Gasteiger partial charge in [0.15, 0.2) is 0 Å². The number of likely N-dealkylation sites (tertiary alicyclic amines) is 1. The number of carbonyl (C=O) groups excluding carboxylic acids is 1. The number of thiophene rings is 1. The fraction of sp³-hybridized carbons (Fsp3) is 0.389. The zero-order valence-electron chi connectivity index (χ0n) is 13.4. The van der Waals surface area contributed by atoms with Crippen molar-refractivity contribution >= 4 is 34.5 Å². The maximum atomic E-state index is 12.5. The molecule has 122 valence electrons. The molecular formula is C18H21ClN2OS. The number of aryl methyl sites for hydroxylation is 2.